The van der Waals surface area contributed by atoms with Crippen molar-refractivity contribution in [3.8, 4) is 5.75 Å². The van der Waals surface area contributed by atoms with Crippen molar-refractivity contribution in [1.82, 2.24) is 14.7 Å². The minimum absolute atomic E-state index is 0.0131. The average molecular weight is 369 g/mol. The molecule has 27 heavy (non-hydrogen) atoms. The molecule has 0 unspecified atom stereocenters. The molecule has 0 aliphatic carbocycles. The normalized spacial score (nSPS) is 23.9. The van der Waals surface area contributed by atoms with Gasteiger partial charge in [0.25, 0.3) is 0 Å². The highest BCUT2D eigenvalue weighted by atomic mass is 16.5. The van der Waals surface area contributed by atoms with Gasteiger partial charge in [-0.2, -0.15) is 5.10 Å². The van der Waals surface area contributed by atoms with Crippen LogP contribution in [0, 0.1) is 11.3 Å². The summed E-state index contributed by atoms with van der Waals surface area (Å²) < 4.78 is 7.60. The van der Waals surface area contributed by atoms with Crippen molar-refractivity contribution in [3.05, 3.63) is 47.8 Å². The third kappa shape index (κ3) is 3.18. The zero-order valence-corrected chi connectivity index (χ0v) is 15.3. The first-order valence-corrected chi connectivity index (χ1v) is 9.17. The lowest BCUT2D eigenvalue weighted by molar-refractivity contribution is -0.151. The summed E-state index contributed by atoms with van der Waals surface area (Å²) in [4.78, 5) is 26.7. The molecule has 0 saturated carbocycles. The third-order valence-electron chi connectivity index (χ3n) is 5.78. The van der Waals surface area contributed by atoms with Gasteiger partial charge in [-0.25, -0.2) is 0 Å². The summed E-state index contributed by atoms with van der Waals surface area (Å²) in [6, 6.07) is 7.57. The predicted octanol–water partition coefficient (Wildman–Crippen LogP) is 1.52. The maximum absolute atomic E-state index is 12.7. The smallest absolute Gasteiger partial charge is 0.312 e. The van der Waals surface area contributed by atoms with Gasteiger partial charge >= 0.3 is 5.97 Å². The molecule has 1 aromatic heterocycles. The molecule has 7 heteroatoms. The number of nitrogens with zero attached hydrogens (tertiary/aromatic N) is 3. The van der Waals surface area contributed by atoms with Gasteiger partial charge in [0.2, 0.25) is 5.91 Å². The van der Waals surface area contributed by atoms with Crippen LogP contribution in [0.15, 0.2) is 36.7 Å². The molecule has 2 aliphatic rings. The van der Waals surface area contributed by atoms with Gasteiger partial charge in [0, 0.05) is 38.7 Å². The third-order valence-corrected chi connectivity index (χ3v) is 5.78. The Balaban J connectivity index is 1.51. The molecule has 0 spiro atoms. The topological polar surface area (TPSA) is 84.7 Å². The number of likely N-dealkylation sites (tertiary alicyclic amines) is 1. The number of para-hydroxylation sites is 1. The Hall–Kier alpha value is -2.83. The second-order valence-corrected chi connectivity index (χ2v) is 7.55. The number of carboxylic acid groups (broad SMARTS) is 1. The van der Waals surface area contributed by atoms with Crippen LogP contribution >= 0.6 is 0 Å². The van der Waals surface area contributed by atoms with Crippen LogP contribution < -0.4 is 4.74 Å². The molecule has 1 aromatic carbocycles. The van der Waals surface area contributed by atoms with E-state index in [0.29, 0.717) is 32.4 Å². The summed E-state index contributed by atoms with van der Waals surface area (Å²) in [6.07, 6.45) is 4.99. The van der Waals surface area contributed by atoms with Crippen LogP contribution in [-0.4, -0.2) is 51.4 Å². The van der Waals surface area contributed by atoms with Gasteiger partial charge in [-0.3, -0.25) is 14.3 Å². The highest BCUT2D eigenvalue weighted by Crippen LogP contribution is 2.44. The molecule has 3 heterocycles. The van der Waals surface area contributed by atoms with Crippen LogP contribution in [0.25, 0.3) is 0 Å². The monoisotopic (exact) mass is 369 g/mol. The number of aromatic nitrogens is 2. The second-order valence-electron chi connectivity index (χ2n) is 7.55. The highest BCUT2D eigenvalue weighted by Gasteiger charge is 2.55. The number of hydrogen-bond acceptors (Lipinski definition) is 4. The summed E-state index contributed by atoms with van der Waals surface area (Å²) in [7, 11) is 1.84. The zero-order chi connectivity index (χ0) is 19.0. The molecule has 0 radical (unpaired) electrons. The maximum atomic E-state index is 12.7. The van der Waals surface area contributed by atoms with E-state index < -0.39 is 11.4 Å². The lowest BCUT2D eigenvalue weighted by Gasteiger charge is -2.27. The first-order valence-electron chi connectivity index (χ1n) is 9.17. The van der Waals surface area contributed by atoms with E-state index in [1.54, 1.807) is 15.8 Å². The molecule has 142 valence electrons. The molecule has 1 amide bonds. The fraction of sp³-hybridized carbons (Fsp3) is 0.450. The molecule has 0 bridgehead atoms. The number of carboxylic acids is 1. The van der Waals surface area contributed by atoms with E-state index in [4.69, 9.17) is 4.74 Å². The van der Waals surface area contributed by atoms with E-state index in [1.165, 1.54) is 0 Å². The van der Waals surface area contributed by atoms with Crippen LogP contribution in [0.5, 0.6) is 5.75 Å². The number of aryl methyl sites for hydroxylation is 2. The number of aliphatic carboxylic acids is 1. The predicted molar refractivity (Wildman–Crippen MR) is 97.3 cm³/mol. The van der Waals surface area contributed by atoms with Gasteiger partial charge < -0.3 is 14.7 Å². The number of benzene rings is 1. The second kappa shape index (κ2) is 6.72. The Morgan fingerprint density at radius 3 is 2.93 bits per heavy atom. The molecule has 2 aliphatic heterocycles. The number of rotatable bonds is 4. The van der Waals surface area contributed by atoms with Crippen LogP contribution in [0.4, 0.5) is 0 Å². The SMILES string of the molecule is Cn1cc(CCC(=O)N2C[C@H]3COc4ccccc4C[C@@]3(C(=O)O)C2)cn1. The van der Waals surface area contributed by atoms with Crippen LogP contribution in [0.2, 0.25) is 0 Å². The Bertz CT molecular complexity index is 878. The maximum Gasteiger partial charge on any atom is 0.312 e. The summed E-state index contributed by atoms with van der Waals surface area (Å²) >= 11 is 0. The van der Waals surface area contributed by atoms with Crippen molar-refractivity contribution < 1.29 is 19.4 Å². The number of carbonyl (C=O) groups excluding carboxylic acids is 1. The summed E-state index contributed by atoms with van der Waals surface area (Å²) in [5.74, 6) is -0.331. The van der Waals surface area contributed by atoms with Gasteiger partial charge in [-0.15, -0.1) is 0 Å². The number of carbonyl (C=O) groups is 2. The fourth-order valence-electron chi connectivity index (χ4n) is 4.23. The van der Waals surface area contributed by atoms with Crippen molar-refractivity contribution in [2.24, 2.45) is 18.4 Å². The van der Waals surface area contributed by atoms with Crippen LogP contribution in [-0.2, 0) is 29.5 Å². The lowest BCUT2D eigenvalue weighted by atomic mass is 9.74. The Labute approximate surface area is 157 Å². The van der Waals surface area contributed by atoms with Crippen molar-refractivity contribution in [1.29, 1.82) is 0 Å². The number of fused-ring (bicyclic) bond motifs is 2. The van der Waals surface area contributed by atoms with Gasteiger partial charge in [-0.05, 0) is 30.0 Å². The van der Waals surface area contributed by atoms with E-state index >= 15 is 0 Å². The molecule has 4 rings (SSSR count). The molecular weight excluding hydrogens is 346 g/mol. The number of ether oxygens (including phenoxy) is 1. The van der Waals surface area contributed by atoms with Crippen molar-refractivity contribution in [3.63, 3.8) is 0 Å². The van der Waals surface area contributed by atoms with Crippen molar-refractivity contribution >= 4 is 11.9 Å². The lowest BCUT2D eigenvalue weighted by Crippen LogP contribution is -2.42. The van der Waals surface area contributed by atoms with Crippen LogP contribution in [0.3, 0.4) is 0 Å². The quantitative estimate of drug-likeness (QED) is 0.883. The highest BCUT2D eigenvalue weighted by molar-refractivity contribution is 5.81. The van der Waals surface area contributed by atoms with E-state index in [9.17, 15) is 14.7 Å². The largest absolute Gasteiger partial charge is 0.493 e. The number of hydrogen-bond donors (Lipinski definition) is 1. The molecule has 2 aromatic rings. The van der Waals surface area contributed by atoms with Gasteiger partial charge in [0.1, 0.15) is 5.75 Å². The Kier molecular flexibility index (Phi) is 4.37. The first-order chi connectivity index (χ1) is 13.0. The summed E-state index contributed by atoms with van der Waals surface area (Å²) in [5.41, 5.74) is 0.910. The van der Waals surface area contributed by atoms with Gasteiger partial charge in [0.05, 0.1) is 18.2 Å². The molecule has 2 atom stereocenters. The Morgan fingerprint density at radius 1 is 1.37 bits per heavy atom. The Morgan fingerprint density at radius 2 is 2.19 bits per heavy atom. The minimum atomic E-state index is -0.990. The summed E-state index contributed by atoms with van der Waals surface area (Å²) in [5, 5.41) is 14.2. The van der Waals surface area contributed by atoms with E-state index in [0.717, 1.165) is 16.9 Å². The summed E-state index contributed by atoms with van der Waals surface area (Å²) in [6.45, 7) is 0.971. The number of amides is 1. The van der Waals surface area contributed by atoms with E-state index in [1.807, 2.05) is 37.5 Å². The van der Waals surface area contributed by atoms with Crippen LogP contribution in [0.1, 0.15) is 17.5 Å². The molecular formula is C20H23N3O4. The van der Waals surface area contributed by atoms with Crippen molar-refractivity contribution in [2.75, 3.05) is 19.7 Å². The minimum Gasteiger partial charge on any atom is -0.493 e. The van der Waals surface area contributed by atoms with Gasteiger partial charge in [0.15, 0.2) is 0 Å². The molecule has 1 fully saturated rings. The van der Waals surface area contributed by atoms with E-state index in [2.05, 4.69) is 5.10 Å². The van der Waals surface area contributed by atoms with E-state index in [-0.39, 0.29) is 18.4 Å². The molecule has 1 N–H and O–H groups in total. The average Bonchev–Trinajstić information content (AvgIpc) is 3.19. The first kappa shape index (κ1) is 17.6. The fourth-order valence-corrected chi connectivity index (χ4v) is 4.23. The molecule has 7 nitrogen and oxygen atoms in total. The molecule has 1 saturated heterocycles. The van der Waals surface area contributed by atoms with Crippen molar-refractivity contribution in [2.45, 2.75) is 19.3 Å². The standard InChI is InChI=1S/C20H23N3O4/c1-22-10-14(9-21-22)6-7-18(24)23-11-16-12-27-17-5-3-2-4-15(17)8-20(16,13-23)19(25)26/h2-5,9-10,16H,6-8,11-13H2,1H3,(H,25,26)/t16-,20+/m0/s1. The van der Waals surface area contributed by atoms with Gasteiger partial charge in [-0.1, -0.05) is 18.2 Å². The zero-order valence-electron chi connectivity index (χ0n) is 15.3.